The summed E-state index contributed by atoms with van der Waals surface area (Å²) in [4.78, 5) is 0. The average Bonchev–Trinajstić information content (AvgIpc) is 2.17. The molecule has 0 aromatic carbocycles. The molecule has 70 valence electrons. The maximum absolute atomic E-state index is 5.69. The number of ether oxygens (including phenoxy) is 2. The lowest BCUT2D eigenvalue weighted by Crippen LogP contribution is -2.42. The first-order valence-corrected chi connectivity index (χ1v) is 5.13. The third-order valence-electron chi connectivity index (χ3n) is 3.16. The molecule has 12 heavy (non-hydrogen) atoms. The van der Waals surface area contributed by atoms with E-state index in [1.54, 1.807) is 0 Å². The fraction of sp³-hybridized carbons (Fsp3) is 1.00. The van der Waals surface area contributed by atoms with E-state index in [2.05, 4.69) is 6.92 Å². The molecule has 2 aliphatic rings. The van der Waals surface area contributed by atoms with Crippen LogP contribution < -0.4 is 0 Å². The summed E-state index contributed by atoms with van der Waals surface area (Å²) in [6.45, 7) is 3.88. The van der Waals surface area contributed by atoms with E-state index in [9.17, 15) is 0 Å². The first-order valence-electron chi connectivity index (χ1n) is 5.13. The van der Waals surface area contributed by atoms with Gasteiger partial charge in [0.25, 0.3) is 0 Å². The Morgan fingerprint density at radius 3 is 2.58 bits per heavy atom. The van der Waals surface area contributed by atoms with E-state index in [4.69, 9.17) is 9.47 Å². The fourth-order valence-electron chi connectivity index (χ4n) is 2.32. The van der Waals surface area contributed by atoms with Crippen LogP contribution in [0.15, 0.2) is 0 Å². The van der Waals surface area contributed by atoms with Gasteiger partial charge < -0.3 is 9.47 Å². The van der Waals surface area contributed by atoms with Gasteiger partial charge >= 0.3 is 0 Å². The second kappa shape index (κ2) is 3.75. The number of hydrogen-bond acceptors (Lipinski definition) is 2. The van der Waals surface area contributed by atoms with Crippen LogP contribution in [0.5, 0.6) is 0 Å². The van der Waals surface area contributed by atoms with Crippen LogP contribution in [0.2, 0.25) is 0 Å². The molecule has 3 unspecified atom stereocenters. The Morgan fingerprint density at radius 1 is 1.08 bits per heavy atom. The van der Waals surface area contributed by atoms with Crippen molar-refractivity contribution in [3.05, 3.63) is 0 Å². The van der Waals surface area contributed by atoms with Crippen LogP contribution in [-0.2, 0) is 9.47 Å². The van der Waals surface area contributed by atoms with E-state index >= 15 is 0 Å². The van der Waals surface area contributed by atoms with Crippen molar-refractivity contribution in [2.75, 3.05) is 13.2 Å². The van der Waals surface area contributed by atoms with Crippen molar-refractivity contribution >= 4 is 0 Å². The van der Waals surface area contributed by atoms with E-state index in [1.165, 1.54) is 25.7 Å². The van der Waals surface area contributed by atoms with Crippen LogP contribution in [0.4, 0.5) is 0 Å². The Hall–Kier alpha value is -0.0800. The highest BCUT2D eigenvalue weighted by atomic mass is 16.6. The minimum absolute atomic E-state index is 0.414. The zero-order chi connectivity index (χ0) is 8.39. The van der Waals surface area contributed by atoms with Crippen LogP contribution in [0.25, 0.3) is 0 Å². The molecule has 2 heteroatoms. The standard InChI is InChI=1S/C10H18O2/c1-2-8-3-4-9-10(7-8)12-6-5-11-9/h8-10H,2-7H2,1H3. The Morgan fingerprint density at radius 2 is 1.83 bits per heavy atom. The van der Waals surface area contributed by atoms with Gasteiger partial charge in [0.15, 0.2) is 0 Å². The molecule has 0 radical (unpaired) electrons. The molecule has 1 heterocycles. The van der Waals surface area contributed by atoms with Crippen molar-refractivity contribution in [1.82, 2.24) is 0 Å². The molecule has 3 atom stereocenters. The second-order valence-electron chi connectivity index (χ2n) is 3.91. The Balaban J connectivity index is 1.90. The van der Waals surface area contributed by atoms with Gasteiger partial charge in [-0.05, 0) is 25.2 Å². The molecule has 0 aromatic rings. The minimum Gasteiger partial charge on any atom is -0.373 e. The van der Waals surface area contributed by atoms with E-state index in [0.717, 1.165) is 19.1 Å². The zero-order valence-corrected chi connectivity index (χ0v) is 7.79. The van der Waals surface area contributed by atoms with Crippen molar-refractivity contribution in [3.8, 4) is 0 Å². The predicted molar refractivity (Wildman–Crippen MR) is 47.1 cm³/mol. The SMILES string of the molecule is CCC1CCC2OCCOC2C1. The molecule has 1 saturated carbocycles. The van der Waals surface area contributed by atoms with Crippen LogP contribution >= 0.6 is 0 Å². The molecule has 1 saturated heterocycles. The number of fused-ring (bicyclic) bond motifs is 1. The predicted octanol–water partition coefficient (Wildman–Crippen LogP) is 1.98. The van der Waals surface area contributed by atoms with Crippen molar-refractivity contribution in [2.24, 2.45) is 5.92 Å². The van der Waals surface area contributed by atoms with Crippen molar-refractivity contribution in [3.63, 3.8) is 0 Å². The van der Waals surface area contributed by atoms with Crippen molar-refractivity contribution in [2.45, 2.75) is 44.8 Å². The maximum Gasteiger partial charge on any atom is 0.0840 e. The molecular formula is C10H18O2. The topological polar surface area (TPSA) is 18.5 Å². The third-order valence-corrected chi connectivity index (χ3v) is 3.16. The Bertz CT molecular complexity index is 147. The molecule has 1 aliphatic heterocycles. The Labute approximate surface area is 74.2 Å². The van der Waals surface area contributed by atoms with Crippen molar-refractivity contribution < 1.29 is 9.47 Å². The van der Waals surface area contributed by atoms with Gasteiger partial charge in [-0.15, -0.1) is 0 Å². The molecule has 0 N–H and O–H groups in total. The highest BCUT2D eigenvalue weighted by Gasteiger charge is 2.33. The summed E-state index contributed by atoms with van der Waals surface area (Å²) in [5.41, 5.74) is 0. The highest BCUT2D eigenvalue weighted by molar-refractivity contribution is 4.82. The molecule has 2 fully saturated rings. The molecule has 2 rings (SSSR count). The van der Waals surface area contributed by atoms with Crippen LogP contribution in [0, 0.1) is 5.92 Å². The van der Waals surface area contributed by atoms with E-state index in [1.807, 2.05) is 0 Å². The molecule has 0 bridgehead atoms. The van der Waals surface area contributed by atoms with Gasteiger partial charge in [0.05, 0.1) is 25.4 Å². The molecule has 2 nitrogen and oxygen atoms in total. The normalized spacial score (nSPS) is 42.2. The zero-order valence-electron chi connectivity index (χ0n) is 7.79. The van der Waals surface area contributed by atoms with Gasteiger partial charge in [-0.2, -0.15) is 0 Å². The number of hydrogen-bond donors (Lipinski definition) is 0. The third kappa shape index (κ3) is 1.64. The summed E-state index contributed by atoms with van der Waals surface area (Å²) in [5, 5.41) is 0. The van der Waals surface area contributed by atoms with Gasteiger partial charge in [-0.25, -0.2) is 0 Å². The lowest BCUT2D eigenvalue weighted by Gasteiger charge is -2.38. The van der Waals surface area contributed by atoms with Gasteiger partial charge in [0.2, 0.25) is 0 Å². The summed E-state index contributed by atoms with van der Waals surface area (Å²) in [7, 11) is 0. The molecule has 0 spiro atoms. The molecule has 0 aromatic heterocycles. The quantitative estimate of drug-likeness (QED) is 0.599. The summed E-state index contributed by atoms with van der Waals surface area (Å²) >= 11 is 0. The van der Waals surface area contributed by atoms with Crippen LogP contribution in [0.1, 0.15) is 32.6 Å². The van der Waals surface area contributed by atoms with E-state index < -0.39 is 0 Å². The van der Waals surface area contributed by atoms with Gasteiger partial charge in [-0.3, -0.25) is 0 Å². The molecular weight excluding hydrogens is 152 g/mol. The lowest BCUT2D eigenvalue weighted by molar-refractivity contribution is -0.161. The smallest absolute Gasteiger partial charge is 0.0840 e. The Kier molecular flexibility index (Phi) is 2.66. The fourth-order valence-corrected chi connectivity index (χ4v) is 2.32. The van der Waals surface area contributed by atoms with Gasteiger partial charge in [-0.1, -0.05) is 13.3 Å². The van der Waals surface area contributed by atoms with Gasteiger partial charge in [0.1, 0.15) is 0 Å². The number of rotatable bonds is 1. The van der Waals surface area contributed by atoms with E-state index in [-0.39, 0.29) is 0 Å². The summed E-state index contributed by atoms with van der Waals surface area (Å²) in [5.74, 6) is 0.882. The van der Waals surface area contributed by atoms with Crippen LogP contribution in [0.3, 0.4) is 0 Å². The maximum atomic E-state index is 5.69. The largest absolute Gasteiger partial charge is 0.373 e. The second-order valence-corrected chi connectivity index (χ2v) is 3.91. The molecule has 1 aliphatic carbocycles. The van der Waals surface area contributed by atoms with Gasteiger partial charge in [0, 0.05) is 0 Å². The first kappa shape index (κ1) is 8.52. The molecule has 0 amide bonds. The monoisotopic (exact) mass is 170 g/mol. The summed E-state index contributed by atoms with van der Waals surface area (Å²) in [6.07, 6.45) is 5.90. The van der Waals surface area contributed by atoms with E-state index in [0.29, 0.717) is 12.2 Å². The first-order chi connectivity index (χ1) is 5.90. The lowest BCUT2D eigenvalue weighted by atomic mass is 9.83. The average molecular weight is 170 g/mol. The minimum atomic E-state index is 0.414. The van der Waals surface area contributed by atoms with Crippen molar-refractivity contribution in [1.29, 1.82) is 0 Å². The summed E-state index contributed by atoms with van der Waals surface area (Å²) in [6, 6.07) is 0. The van der Waals surface area contributed by atoms with Crippen LogP contribution in [-0.4, -0.2) is 25.4 Å². The highest BCUT2D eigenvalue weighted by Crippen LogP contribution is 2.31. The summed E-state index contributed by atoms with van der Waals surface area (Å²) < 4.78 is 11.3.